The first kappa shape index (κ1) is 20.3. The first-order chi connectivity index (χ1) is 13.9. The zero-order chi connectivity index (χ0) is 21.0. The molecule has 0 radical (unpaired) electrons. The minimum atomic E-state index is -1.03. The molecule has 0 aliphatic carbocycles. The van der Waals surface area contributed by atoms with E-state index in [4.69, 9.17) is 0 Å². The van der Waals surface area contributed by atoms with Crippen molar-refractivity contribution >= 4 is 23.4 Å². The van der Waals surface area contributed by atoms with Gasteiger partial charge < -0.3 is 15.1 Å². The van der Waals surface area contributed by atoms with Crippen molar-refractivity contribution in [2.45, 2.75) is 13.3 Å². The summed E-state index contributed by atoms with van der Waals surface area (Å²) in [6.07, 6.45) is 1.92. The van der Waals surface area contributed by atoms with Crippen molar-refractivity contribution in [3.63, 3.8) is 0 Å². The zero-order valence-corrected chi connectivity index (χ0v) is 15.7. The minimum Gasteiger partial charge on any atom is -0.341 e. The number of nitrogens with one attached hydrogen (secondary N) is 1. The molecule has 2 heterocycles. The van der Waals surface area contributed by atoms with E-state index in [0.717, 1.165) is 6.07 Å². The summed E-state index contributed by atoms with van der Waals surface area (Å²) in [5, 5.41) is 9.46. The molecule has 0 spiro atoms. The second-order valence-corrected chi connectivity index (χ2v) is 6.53. The quantitative estimate of drug-likeness (QED) is 0.842. The molecule has 0 unspecified atom stereocenters. The molecule has 1 aromatic carbocycles. The van der Waals surface area contributed by atoms with Crippen molar-refractivity contribution in [1.29, 1.82) is 0 Å². The number of rotatable bonds is 3. The molecular formula is C19H19F2N5O3. The fraction of sp³-hybridized carbons (Fsp3) is 0.316. The van der Waals surface area contributed by atoms with Crippen molar-refractivity contribution in [3.8, 4) is 0 Å². The van der Waals surface area contributed by atoms with Gasteiger partial charge >= 0.3 is 0 Å². The number of hydrogen-bond acceptors (Lipinski definition) is 5. The fourth-order valence-corrected chi connectivity index (χ4v) is 3.02. The zero-order valence-electron chi connectivity index (χ0n) is 15.7. The highest BCUT2D eigenvalue weighted by molar-refractivity contribution is 6.04. The molecule has 10 heteroatoms. The summed E-state index contributed by atoms with van der Waals surface area (Å²) >= 11 is 0. The molecule has 2 aromatic rings. The molecule has 3 amide bonds. The Bertz CT molecular complexity index is 939. The standard InChI is InChI=1S/C19H19F2N5O3/c1-12(27)25-6-3-7-26(9-8-25)19(29)13-10-17(15(21)11-14(13)20)23-18(28)16-4-2-5-22-24-16/h2,4-5,10-11H,3,6-9H2,1H3,(H,23,28). The highest BCUT2D eigenvalue weighted by atomic mass is 19.1. The summed E-state index contributed by atoms with van der Waals surface area (Å²) in [7, 11) is 0. The molecule has 8 nitrogen and oxygen atoms in total. The van der Waals surface area contributed by atoms with Gasteiger partial charge in [0.05, 0.1) is 11.3 Å². The lowest BCUT2D eigenvalue weighted by atomic mass is 10.1. The van der Waals surface area contributed by atoms with Crippen molar-refractivity contribution in [2.75, 3.05) is 31.5 Å². The summed E-state index contributed by atoms with van der Waals surface area (Å²) in [6, 6.07) is 4.39. The molecule has 1 N–H and O–H groups in total. The van der Waals surface area contributed by atoms with Crippen molar-refractivity contribution in [2.24, 2.45) is 0 Å². The lowest BCUT2D eigenvalue weighted by Crippen LogP contribution is -2.37. The van der Waals surface area contributed by atoms with Gasteiger partial charge in [-0.15, -0.1) is 5.10 Å². The highest BCUT2D eigenvalue weighted by Crippen LogP contribution is 2.22. The number of halogens is 2. The number of benzene rings is 1. The van der Waals surface area contributed by atoms with Gasteiger partial charge in [0.2, 0.25) is 5.91 Å². The molecule has 1 aliphatic heterocycles. The molecule has 3 rings (SSSR count). The van der Waals surface area contributed by atoms with E-state index in [2.05, 4.69) is 15.5 Å². The van der Waals surface area contributed by atoms with Crippen molar-refractivity contribution in [3.05, 3.63) is 53.4 Å². The van der Waals surface area contributed by atoms with E-state index in [9.17, 15) is 23.2 Å². The number of carbonyl (C=O) groups excluding carboxylic acids is 3. The Morgan fingerprint density at radius 1 is 1.03 bits per heavy atom. The molecule has 1 saturated heterocycles. The van der Waals surface area contributed by atoms with Crippen LogP contribution in [0.3, 0.4) is 0 Å². The maximum absolute atomic E-state index is 14.3. The molecule has 152 valence electrons. The van der Waals surface area contributed by atoms with E-state index >= 15 is 0 Å². The van der Waals surface area contributed by atoms with Gasteiger partial charge in [-0.1, -0.05) is 0 Å². The molecule has 29 heavy (non-hydrogen) atoms. The van der Waals surface area contributed by atoms with Gasteiger partial charge in [0.1, 0.15) is 11.6 Å². The Hall–Kier alpha value is -3.43. The van der Waals surface area contributed by atoms with Crippen LogP contribution in [0.1, 0.15) is 34.2 Å². The summed E-state index contributed by atoms with van der Waals surface area (Å²) in [5.74, 6) is -3.52. The van der Waals surface area contributed by atoms with E-state index in [0.29, 0.717) is 32.1 Å². The van der Waals surface area contributed by atoms with Crippen LogP contribution in [0.4, 0.5) is 14.5 Å². The van der Waals surface area contributed by atoms with Crippen LogP contribution in [0.5, 0.6) is 0 Å². The number of carbonyl (C=O) groups is 3. The van der Waals surface area contributed by atoms with Crippen LogP contribution in [0.25, 0.3) is 0 Å². The van der Waals surface area contributed by atoms with Gasteiger partial charge in [-0.2, -0.15) is 5.10 Å². The number of amides is 3. The molecule has 0 atom stereocenters. The van der Waals surface area contributed by atoms with Gasteiger partial charge in [0.25, 0.3) is 11.8 Å². The Morgan fingerprint density at radius 3 is 2.45 bits per heavy atom. The molecule has 1 fully saturated rings. The van der Waals surface area contributed by atoms with Gasteiger partial charge in [0.15, 0.2) is 5.69 Å². The molecule has 0 saturated carbocycles. The molecule has 1 aliphatic rings. The van der Waals surface area contributed by atoms with Crippen LogP contribution >= 0.6 is 0 Å². The van der Waals surface area contributed by atoms with E-state index in [1.807, 2.05) is 0 Å². The van der Waals surface area contributed by atoms with Crippen LogP contribution in [0.2, 0.25) is 0 Å². The minimum absolute atomic E-state index is 0.0547. The lowest BCUT2D eigenvalue weighted by Gasteiger charge is -2.22. The monoisotopic (exact) mass is 403 g/mol. The van der Waals surface area contributed by atoms with Gasteiger partial charge in [0, 0.05) is 45.4 Å². The second-order valence-electron chi connectivity index (χ2n) is 6.53. The SMILES string of the molecule is CC(=O)N1CCCN(C(=O)c2cc(NC(=O)c3cccnn3)c(F)cc2F)CC1. The largest absolute Gasteiger partial charge is 0.341 e. The van der Waals surface area contributed by atoms with Gasteiger partial charge in [-0.3, -0.25) is 14.4 Å². The van der Waals surface area contributed by atoms with E-state index < -0.39 is 23.4 Å². The lowest BCUT2D eigenvalue weighted by molar-refractivity contribution is -0.128. The van der Waals surface area contributed by atoms with Crippen LogP contribution in [0, 0.1) is 11.6 Å². The maximum atomic E-state index is 14.3. The number of nitrogens with zero attached hydrogens (tertiary/aromatic N) is 4. The summed E-state index contributed by atoms with van der Waals surface area (Å²) < 4.78 is 28.5. The average Bonchev–Trinajstić information content (AvgIpc) is 2.96. The Balaban J connectivity index is 1.80. The Morgan fingerprint density at radius 2 is 1.76 bits per heavy atom. The van der Waals surface area contributed by atoms with Gasteiger partial charge in [-0.05, 0) is 24.6 Å². The normalized spacial score (nSPS) is 14.3. The summed E-state index contributed by atoms with van der Waals surface area (Å²) in [4.78, 5) is 39.5. The third kappa shape index (κ3) is 4.71. The van der Waals surface area contributed by atoms with Crippen LogP contribution < -0.4 is 5.32 Å². The third-order valence-corrected chi connectivity index (χ3v) is 4.57. The first-order valence-corrected chi connectivity index (χ1v) is 8.99. The molecular weight excluding hydrogens is 384 g/mol. The maximum Gasteiger partial charge on any atom is 0.276 e. The van der Waals surface area contributed by atoms with E-state index in [1.54, 1.807) is 4.90 Å². The number of hydrogen-bond donors (Lipinski definition) is 1. The van der Waals surface area contributed by atoms with Crippen LogP contribution in [0.15, 0.2) is 30.5 Å². The second kappa shape index (κ2) is 8.72. The predicted octanol–water partition coefficient (Wildman–Crippen LogP) is 1.70. The predicted molar refractivity (Wildman–Crippen MR) is 99.1 cm³/mol. The van der Waals surface area contributed by atoms with Crippen molar-refractivity contribution < 1.29 is 23.2 Å². The van der Waals surface area contributed by atoms with Crippen molar-refractivity contribution in [1.82, 2.24) is 20.0 Å². The van der Waals surface area contributed by atoms with E-state index in [-0.39, 0.29) is 29.4 Å². The number of anilines is 1. The molecule has 0 bridgehead atoms. The summed E-state index contributed by atoms with van der Waals surface area (Å²) in [5.41, 5.74) is -0.761. The average molecular weight is 403 g/mol. The summed E-state index contributed by atoms with van der Waals surface area (Å²) in [6.45, 7) is 2.85. The van der Waals surface area contributed by atoms with Crippen LogP contribution in [-0.4, -0.2) is 63.9 Å². The third-order valence-electron chi connectivity index (χ3n) is 4.57. The molecule has 1 aromatic heterocycles. The highest BCUT2D eigenvalue weighted by Gasteiger charge is 2.25. The Kier molecular flexibility index (Phi) is 6.10. The van der Waals surface area contributed by atoms with Crippen LogP contribution in [-0.2, 0) is 4.79 Å². The number of aromatic nitrogens is 2. The fourth-order valence-electron chi connectivity index (χ4n) is 3.02. The topological polar surface area (TPSA) is 95.5 Å². The smallest absolute Gasteiger partial charge is 0.276 e. The first-order valence-electron chi connectivity index (χ1n) is 8.99. The van der Waals surface area contributed by atoms with E-state index in [1.165, 1.54) is 30.2 Å². The Labute approximate surface area is 165 Å². The van der Waals surface area contributed by atoms with Gasteiger partial charge in [-0.25, -0.2) is 8.78 Å².